The van der Waals surface area contributed by atoms with Gasteiger partial charge in [0.15, 0.2) is 0 Å². The van der Waals surface area contributed by atoms with Gasteiger partial charge in [-0.25, -0.2) is 4.98 Å². The topological polar surface area (TPSA) is 46.8 Å². The van der Waals surface area contributed by atoms with Gasteiger partial charge in [0.05, 0.1) is 18.9 Å². The van der Waals surface area contributed by atoms with Crippen molar-refractivity contribution < 1.29 is 9.84 Å². The fraction of sp³-hybridized carbons (Fsp3) is 0.188. The van der Waals surface area contributed by atoms with Gasteiger partial charge < -0.3 is 14.2 Å². The number of ether oxygens (including phenoxy) is 1. The van der Waals surface area contributed by atoms with E-state index in [2.05, 4.69) is 4.98 Å². The molecule has 2 aromatic heterocycles. The largest absolute Gasteiger partial charge is 0.493 e. The van der Waals surface area contributed by atoms with Crippen molar-refractivity contribution in [3.8, 4) is 17.0 Å². The van der Waals surface area contributed by atoms with Gasteiger partial charge in [-0.2, -0.15) is 0 Å². The molecule has 1 N–H and O–H groups in total. The van der Waals surface area contributed by atoms with E-state index in [1.165, 1.54) is 0 Å². The van der Waals surface area contributed by atoms with Gasteiger partial charge in [0.25, 0.3) is 0 Å². The minimum absolute atomic E-state index is 0.0199. The number of para-hydroxylation sites is 1. The lowest BCUT2D eigenvalue weighted by Gasteiger charge is -2.07. The zero-order valence-corrected chi connectivity index (χ0v) is 11.3. The molecule has 0 radical (unpaired) electrons. The van der Waals surface area contributed by atoms with E-state index in [1.54, 1.807) is 0 Å². The maximum Gasteiger partial charge on any atom is 0.142 e. The molecule has 4 heteroatoms. The smallest absolute Gasteiger partial charge is 0.142 e. The Balaban J connectivity index is 2.15. The van der Waals surface area contributed by atoms with Crippen LogP contribution < -0.4 is 4.74 Å². The average molecular weight is 268 g/mol. The summed E-state index contributed by atoms with van der Waals surface area (Å²) in [5.74, 6) is 0.823. The Morgan fingerprint density at radius 2 is 2.05 bits per heavy atom. The highest BCUT2D eigenvalue weighted by molar-refractivity contribution is 5.70. The molecule has 0 aliphatic rings. The first-order valence-corrected chi connectivity index (χ1v) is 6.63. The predicted molar refractivity (Wildman–Crippen MR) is 77.7 cm³/mol. The van der Waals surface area contributed by atoms with Gasteiger partial charge >= 0.3 is 0 Å². The fourth-order valence-electron chi connectivity index (χ4n) is 2.28. The van der Waals surface area contributed by atoms with Crippen LogP contribution in [0.2, 0.25) is 0 Å². The van der Waals surface area contributed by atoms with Crippen LogP contribution in [0.25, 0.3) is 16.9 Å². The summed E-state index contributed by atoms with van der Waals surface area (Å²) in [5, 5.41) is 9.38. The summed E-state index contributed by atoms with van der Waals surface area (Å²) < 4.78 is 7.57. The molecular weight excluding hydrogens is 252 g/mol. The number of benzene rings is 1. The molecule has 0 saturated carbocycles. The zero-order chi connectivity index (χ0) is 13.9. The van der Waals surface area contributed by atoms with Crippen molar-refractivity contribution >= 4 is 5.65 Å². The molecule has 0 amide bonds. The maximum atomic E-state index is 9.38. The molecular formula is C16H16N2O2. The lowest BCUT2D eigenvalue weighted by atomic mass is 10.1. The van der Waals surface area contributed by atoms with Crippen LogP contribution in [0.5, 0.6) is 5.75 Å². The molecule has 3 rings (SSSR count). The Kier molecular flexibility index (Phi) is 3.39. The maximum absolute atomic E-state index is 9.38. The van der Waals surface area contributed by atoms with Crippen LogP contribution in [-0.2, 0) is 6.61 Å². The highest BCUT2D eigenvalue weighted by atomic mass is 16.5. The molecule has 102 valence electrons. The van der Waals surface area contributed by atoms with E-state index >= 15 is 0 Å². The molecule has 0 unspecified atom stereocenters. The van der Waals surface area contributed by atoms with Crippen molar-refractivity contribution in [3.05, 3.63) is 54.4 Å². The van der Waals surface area contributed by atoms with Crippen molar-refractivity contribution in [2.45, 2.75) is 13.5 Å². The Morgan fingerprint density at radius 1 is 1.20 bits per heavy atom. The van der Waals surface area contributed by atoms with Gasteiger partial charge in [-0.1, -0.05) is 18.2 Å². The van der Waals surface area contributed by atoms with Gasteiger partial charge in [-0.3, -0.25) is 0 Å². The number of aliphatic hydroxyl groups is 1. The third-order valence-electron chi connectivity index (χ3n) is 3.20. The summed E-state index contributed by atoms with van der Waals surface area (Å²) in [6, 6.07) is 11.6. The van der Waals surface area contributed by atoms with Crippen LogP contribution in [-0.4, -0.2) is 21.1 Å². The number of aromatic nitrogens is 2. The van der Waals surface area contributed by atoms with Crippen LogP contribution in [0.15, 0.2) is 48.8 Å². The van der Waals surface area contributed by atoms with Crippen LogP contribution in [0, 0.1) is 0 Å². The molecule has 2 heterocycles. The summed E-state index contributed by atoms with van der Waals surface area (Å²) in [4.78, 5) is 4.62. The average Bonchev–Trinajstić information content (AvgIpc) is 2.92. The molecule has 0 spiro atoms. The first-order valence-electron chi connectivity index (χ1n) is 6.63. The number of pyridine rings is 1. The fourth-order valence-corrected chi connectivity index (χ4v) is 2.28. The van der Waals surface area contributed by atoms with E-state index < -0.39 is 0 Å². The Labute approximate surface area is 117 Å². The lowest BCUT2D eigenvalue weighted by Crippen LogP contribution is -1.93. The van der Waals surface area contributed by atoms with E-state index in [0.29, 0.717) is 6.61 Å². The van der Waals surface area contributed by atoms with Crippen LogP contribution in [0.4, 0.5) is 0 Å². The highest BCUT2D eigenvalue weighted by Gasteiger charge is 2.11. The first kappa shape index (κ1) is 12.7. The number of rotatable bonds is 4. The third-order valence-corrected chi connectivity index (χ3v) is 3.20. The summed E-state index contributed by atoms with van der Waals surface area (Å²) in [6.07, 6.45) is 3.88. The number of nitrogens with zero attached hydrogens (tertiary/aromatic N) is 2. The second-order valence-corrected chi connectivity index (χ2v) is 4.48. The second-order valence-electron chi connectivity index (χ2n) is 4.48. The quantitative estimate of drug-likeness (QED) is 0.791. The predicted octanol–water partition coefficient (Wildman–Crippen LogP) is 2.89. The molecule has 0 aliphatic heterocycles. The monoisotopic (exact) mass is 268 g/mol. The van der Waals surface area contributed by atoms with Crippen LogP contribution >= 0.6 is 0 Å². The van der Waals surface area contributed by atoms with E-state index in [1.807, 2.05) is 60.1 Å². The normalized spacial score (nSPS) is 10.9. The van der Waals surface area contributed by atoms with Crippen molar-refractivity contribution in [2.75, 3.05) is 6.61 Å². The number of aliphatic hydroxyl groups excluding tert-OH is 1. The standard InChI is InChI=1S/C16H16N2O2/c1-2-20-15-8-4-3-7-13(15)14-10-18-9-5-6-12(11-19)16(18)17-14/h3-10,19H,2,11H2,1H3. The highest BCUT2D eigenvalue weighted by Crippen LogP contribution is 2.29. The number of fused-ring (bicyclic) bond motifs is 1. The summed E-state index contributed by atoms with van der Waals surface area (Å²) >= 11 is 0. The molecule has 20 heavy (non-hydrogen) atoms. The van der Waals surface area contributed by atoms with Crippen molar-refractivity contribution in [1.82, 2.24) is 9.38 Å². The molecule has 4 nitrogen and oxygen atoms in total. The number of imidazole rings is 1. The van der Waals surface area contributed by atoms with Crippen LogP contribution in [0.3, 0.4) is 0 Å². The lowest BCUT2D eigenvalue weighted by molar-refractivity contribution is 0.282. The van der Waals surface area contributed by atoms with Gasteiger partial charge in [-0.15, -0.1) is 0 Å². The van der Waals surface area contributed by atoms with Crippen molar-refractivity contribution in [2.24, 2.45) is 0 Å². The first-order chi connectivity index (χ1) is 9.83. The Hall–Kier alpha value is -2.33. The van der Waals surface area contributed by atoms with Crippen LogP contribution in [0.1, 0.15) is 12.5 Å². The Morgan fingerprint density at radius 3 is 2.85 bits per heavy atom. The van der Waals surface area contributed by atoms with Crippen molar-refractivity contribution in [3.63, 3.8) is 0 Å². The summed E-state index contributed by atoms with van der Waals surface area (Å²) in [7, 11) is 0. The minimum atomic E-state index is -0.0199. The molecule has 0 fully saturated rings. The zero-order valence-electron chi connectivity index (χ0n) is 11.3. The van der Waals surface area contributed by atoms with Gasteiger partial charge in [0, 0.05) is 23.5 Å². The summed E-state index contributed by atoms with van der Waals surface area (Å²) in [6.45, 7) is 2.56. The van der Waals surface area contributed by atoms with Gasteiger partial charge in [-0.05, 0) is 25.1 Å². The SMILES string of the molecule is CCOc1ccccc1-c1cn2cccc(CO)c2n1. The third kappa shape index (κ3) is 2.14. The minimum Gasteiger partial charge on any atom is -0.493 e. The molecule has 0 bridgehead atoms. The molecule has 0 aliphatic carbocycles. The van der Waals surface area contributed by atoms with E-state index in [-0.39, 0.29) is 6.61 Å². The Bertz CT molecular complexity index is 734. The second kappa shape index (κ2) is 5.35. The van der Waals surface area contributed by atoms with E-state index in [4.69, 9.17) is 4.74 Å². The summed E-state index contributed by atoms with van der Waals surface area (Å²) in [5.41, 5.74) is 3.39. The van der Waals surface area contributed by atoms with Crippen molar-refractivity contribution in [1.29, 1.82) is 0 Å². The van der Waals surface area contributed by atoms with Gasteiger partial charge in [0.2, 0.25) is 0 Å². The molecule has 0 atom stereocenters. The van der Waals surface area contributed by atoms with E-state index in [9.17, 15) is 5.11 Å². The number of hydrogen-bond acceptors (Lipinski definition) is 3. The van der Waals surface area contributed by atoms with Gasteiger partial charge in [0.1, 0.15) is 11.4 Å². The molecule has 0 saturated heterocycles. The number of hydrogen-bond donors (Lipinski definition) is 1. The molecule has 3 aromatic rings. The molecule has 1 aromatic carbocycles. The van der Waals surface area contributed by atoms with E-state index in [0.717, 1.165) is 28.2 Å².